The van der Waals surface area contributed by atoms with Crippen LogP contribution in [0.5, 0.6) is 0 Å². The molecule has 0 amide bonds. The van der Waals surface area contributed by atoms with Gasteiger partial charge < -0.3 is 5.73 Å². The highest BCUT2D eigenvalue weighted by Crippen LogP contribution is 2.35. The second kappa shape index (κ2) is 7.08. The summed E-state index contributed by atoms with van der Waals surface area (Å²) >= 11 is 0. The molecule has 0 aromatic heterocycles. The molecule has 0 unspecified atom stereocenters. The fourth-order valence-corrected chi connectivity index (χ4v) is 3.77. The molecule has 0 atom stereocenters. The molecule has 2 aliphatic rings. The fraction of sp³-hybridized carbons (Fsp3) is 0.550. The predicted octanol–water partition coefficient (Wildman–Crippen LogP) is 2.41. The number of piperazine rings is 1. The first-order valence-electron chi connectivity index (χ1n) is 8.92. The molecule has 0 saturated carbocycles. The number of hydrogen-bond donors (Lipinski definition) is 1. The summed E-state index contributed by atoms with van der Waals surface area (Å²) in [6, 6.07) is 10.6. The van der Waals surface area contributed by atoms with Crippen LogP contribution in [0.15, 0.2) is 41.6 Å². The normalized spacial score (nSPS) is 22.8. The van der Waals surface area contributed by atoms with Crippen molar-refractivity contribution in [1.82, 2.24) is 9.80 Å². The topological polar surface area (TPSA) is 49.6 Å². The van der Waals surface area contributed by atoms with Crippen LogP contribution < -0.4 is 5.73 Å². The number of benzene rings is 1. The van der Waals surface area contributed by atoms with E-state index in [0.717, 1.165) is 57.0 Å². The number of carbonyl (C=O) groups is 1. The molecule has 4 nitrogen and oxygen atoms in total. The van der Waals surface area contributed by atoms with Gasteiger partial charge in [-0.15, -0.1) is 0 Å². The van der Waals surface area contributed by atoms with Crippen molar-refractivity contribution in [3.05, 3.63) is 47.2 Å². The summed E-state index contributed by atoms with van der Waals surface area (Å²) in [6.45, 7) is 10.1. The molecule has 1 aliphatic carbocycles. The second-order valence-corrected chi connectivity index (χ2v) is 7.98. The summed E-state index contributed by atoms with van der Waals surface area (Å²) in [7, 11) is 0. The summed E-state index contributed by atoms with van der Waals surface area (Å²) < 4.78 is 0. The largest absolute Gasteiger partial charge is 0.402 e. The number of Topliss-reactive ketones (excluding diaryl/α,β-unsaturated/α-hetero) is 1. The number of allylic oxidation sites excluding steroid dienone is 1. The summed E-state index contributed by atoms with van der Waals surface area (Å²) in [5.74, 6) is 0.246. The molecule has 0 bridgehead atoms. The minimum absolute atomic E-state index is 0.0129. The van der Waals surface area contributed by atoms with Gasteiger partial charge in [-0.25, -0.2) is 0 Å². The van der Waals surface area contributed by atoms with Crippen molar-refractivity contribution >= 4 is 5.78 Å². The van der Waals surface area contributed by atoms with Gasteiger partial charge in [0.25, 0.3) is 0 Å². The van der Waals surface area contributed by atoms with E-state index in [9.17, 15) is 4.79 Å². The minimum Gasteiger partial charge on any atom is -0.402 e. The Morgan fingerprint density at radius 3 is 2.12 bits per heavy atom. The van der Waals surface area contributed by atoms with E-state index in [0.29, 0.717) is 6.42 Å². The van der Waals surface area contributed by atoms with Crippen LogP contribution >= 0.6 is 0 Å². The first-order valence-corrected chi connectivity index (χ1v) is 8.92. The number of ketones is 1. The van der Waals surface area contributed by atoms with Crippen LogP contribution in [-0.4, -0.2) is 48.3 Å². The van der Waals surface area contributed by atoms with E-state index in [4.69, 9.17) is 5.73 Å². The third-order valence-corrected chi connectivity index (χ3v) is 5.13. The summed E-state index contributed by atoms with van der Waals surface area (Å²) in [5.41, 5.74) is 9.26. The van der Waals surface area contributed by atoms with Gasteiger partial charge in [-0.2, -0.15) is 0 Å². The molecule has 3 rings (SSSR count). The molecule has 4 heteroatoms. The molecular formula is C20H29N3O. The average molecular weight is 327 g/mol. The molecule has 1 fully saturated rings. The van der Waals surface area contributed by atoms with Crippen molar-refractivity contribution in [3.63, 3.8) is 0 Å². The highest BCUT2D eigenvalue weighted by molar-refractivity contribution is 5.97. The SMILES string of the molecule is CC1(C)CC(=O)C(CN2CCN(Cc3ccccc3)CC2)=C(N)C1. The minimum atomic E-state index is 0.0129. The number of nitrogens with two attached hydrogens (primary N) is 1. The fourth-order valence-electron chi connectivity index (χ4n) is 3.77. The third kappa shape index (κ3) is 4.25. The molecule has 1 aromatic rings. The lowest BCUT2D eigenvalue weighted by molar-refractivity contribution is -0.118. The van der Waals surface area contributed by atoms with Gasteiger partial charge in [-0.1, -0.05) is 44.2 Å². The smallest absolute Gasteiger partial charge is 0.162 e. The molecular weight excluding hydrogens is 298 g/mol. The predicted molar refractivity (Wildman–Crippen MR) is 97.4 cm³/mol. The Kier molecular flexibility index (Phi) is 5.07. The maximum absolute atomic E-state index is 12.4. The Morgan fingerprint density at radius 2 is 1.54 bits per heavy atom. The van der Waals surface area contributed by atoms with Crippen LogP contribution in [0.2, 0.25) is 0 Å². The van der Waals surface area contributed by atoms with Gasteiger partial charge in [0.05, 0.1) is 0 Å². The molecule has 1 saturated heterocycles. The molecule has 1 heterocycles. The maximum Gasteiger partial charge on any atom is 0.162 e. The maximum atomic E-state index is 12.4. The van der Waals surface area contributed by atoms with Gasteiger partial charge in [0, 0.05) is 57.0 Å². The van der Waals surface area contributed by atoms with Crippen molar-refractivity contribution in [1.29, 1.82) is 0 Å². The van der Waals surface area contributed by atoms with E-state index in [1.54, 1.807) is 0 Å². The Labute approximate surface area is 145 Å². The molecule has 1 aromatic carbocycles. The van der Waals surface area contributed by atoms with Crippen LogP contribution in [0.25, 0.3) is 0 Å². The summed E-state index contributed by atoms with van der Waals surface area (Å²) in [5, 5.41) is 0. The summed E-state index contributed by atoms with van der Waals surface area (Å²) in [6.07, 6.45) is 1.46. The van der Waals surface area contributed by atoms with Gasteiger partial charge in [0.15, 0.2) is 5.78 Å². The number of rotatable bonds is 4. The number of nitrogens with zero attached hydrogens (tertiary/aromatic N) is 2. The quantitative estimate of drug-likeness (QED) is 0.923. The lowest BCUT2D eigenvalue weighted by Crippen LogP contribution is -2.47. The van der Waals surface area contributed by atoms with Gasteiger partial charge in [-0.3, -0.25) is 14.6 Å². The lowest BCUT2D eigenvalue weighted by atomic mass is 9.76. The summed E-state index contributed by atoms with van der Waals surface area (Å²) in [4.78, 5) is 17.3. The molecule has 0 radical (unpaired) electrons. The van der Waals surface area contributed by atoms with Crippen molar-refractivity contribution < 1.29 is 4.79 Å². The van der Waals surface area contributed by atoms with E-state index in [1.165, 1.54) is 5.56 Å². The zero-order valence-electron chi connectivity index (χ0n) is 14.9. The molecule has 130 valence electrons. The average Bonchev–Trinajstić information content (AvgIpc) is 2.53. The Balaban J connectivity index is 1.53. The third-order valence-electron chi connectivity index (χ3n) is 5.13. The molecule has 24 heavy (non-hydrogen) atoms. The van der Waals surface area contributed by atoms with E-state index in [2.05, 4.69) is 54.0 Å². The van der Waals surface area contributed by atoms with Gasteiger partial charge in [0.2, 0.25) is 0 Å². The van der Waals surface area contributed by atoms with E-state index in [1.807, 2.05) is 0 Å². The van der Waals surface area contributed by atoms with Gasteiger partial charge in [0.1, 0.15) is 0 Å². The Morgan fingerprint density at radius 1 is 0.958 bits per heavy atom. The van der Waals surface area contributed by atoms with Crippen LogP contribution in [0, 0.1) is 5.41 Å². The van der Waals surface area contributed by atoms with Crippen molar-refractivity contribution in [2.24, 2.45) is 11.1 Å². The first kappa shape index (κ1) is 17.2. The second-order valence-electron chi connectivity index (χ2n) is 7.98. The Bertz CT molecular complexity index is 613. The zero-order chi connectivity index (χ0) is 17.2. The Hall–Kier alpha value is -1.65. The lowest BCUT2D eigenvalue weighted by Gasteiger charge is -2.37. The van der Waals surface area contributed by atoms with Crippen molar-refractivity contribution in [3.8, 4) is 0 Å². The van der Waals surface area contributed by atoms with E-state index >= 15 is 0 Å². The van der Waals surface area contributed by atoms with Gasteiger partial charge >= 0.3 is 0 Å². The molecule has 0 spiro atoms. The molecule has 1 aliphatic heterocycles. The highest BCUT2D eigenvalue weighted by Gasteiger charge is 2.32. The first-order chi connectivity index (χ1) is 11.4. The van der Waals surface area contributed by atoms with Crippen molar-refractivity contribution in [2.75, 3.05) is 32.7 Å². The monoisotopic (exact) mass is 327 g/mol. The van der Waals surface area contributed by atoms with Crippen LogP contribution in [-0.2, 0) is 11.3 Å². The van der Waals surface area contributed by atoms with Crippen molar-refractivity contribution in [2.45, 2.75) is 33.2 Å². The van der Waals surface area contributed by atoms with Gasteiger partial charge in [-0.05, 0) is 17.4 Å². The van der Waals surface area contributed by atoms with Crippen LogP contribution in [0.3, 0.4) is 0 Å². The zero-order valence-corrected chi connectivity index (χ0v) is 14.9. The molecule has 2 N–H and O–H groups in total. The number of carbonyl (C=O) groups excluding carboxylic acids is 1. The van der Waals surface area contributed by atoms with Crippen LogP contribution in [0.4, 0.5) is 0 Å². The van der Waals surface area contributed by atoms with E-state index in [-0.39, 0.29) is 11.2 Å². The standard InChI is InChI=1S/C20H29N3O/c1-20(2)12-18(21)17(19(24)13-20)15-23-10-8-22(9-11-23)14-16-6-4-3-5-7-16/h3-7H,8-15,21H2,1-2H3. The number of hydrogen-bond acceptors (Lipinski definition) is 4. The van der Waals surface area contributed by atoms with E-state index < -0.39 is 0 Å². The highest BCUT2D eigenvalue weighted by atomic mass is 16.1. The van der Waals surface area contributed by atoms with Crippen LogP contribution in [0.1, 0.15) is 32.3 Å².